The molecule has 1 aliphatic carbocycles. The molecule has 4 aromatic carbocycles. The van der Waals surface area contributed by atoms with Crippen molar-refractivity contribution in [2.45, 2.75) is 19.3 Å². The summed E-state index contributed by atoms with van der Waals surface area (Å²) in [6.07, 6.45) is 0. The van der Waals surface area contributed by atoms with Crippen molar-refractivity contribution in [2.24, 2.45) is 0 Å². The van der Waals surface area contributed by atoms with Gasteiger partial charge in [0.25, 0.3) is 0 Å². The minimum Gasteiger partial charge on any atom is -0.319 e. The van der Waals surface area contributed by atoms with Gasteiger partial charge in [-0.25, -0.2) is 4.85 Å². The van der Waals surface area contributed by atoms with Crippen molar-refractivity contribution >= 4 is 27.5 Å². The Morgan fingerprint density at radius 2 is 1.59 bits per heavy atom. The Kier molecular flexibility index (Phi) is 3.65. The van der Waals surface area contributed by atoms with E-state index in [0.717, 1.165) is 27.5 Å². The first-order valence-corrected chi connectivity index (χ1v) is 10.6. The van der Waals surface area contributed by atoms with Crippen LogP contribution in [0.5, 0.6) is 0 Å². The molecule has 0 aliphatic heterocycles. The molecule has 1 aromatic heterocycles. The van der Waals surface area contributed by atoms with Crippen LogP contribution in [-0.2, 0) is 5.41 Å². The summed E-state index contributed by atoms with van der Waals surface area (Å²) in [5.41, 5.74) is 9.02. The standard InChI is InChI=1S/C29H19N3/c1-29(2)23-10-6-4-8-19(23)21-15-22-20-9-5-7-11-26(20)32(27(22)16-24(21)29)28-14-18(17-30)12-13-25(28)31-3/h4-16H,1-2H3. The van der Waals surface area contributed by atoms with Crippen LogP contribution in [0.1, 0.15) is 30.5 Å². The second-order valence-electron chi connectivity index (χ2n) is 8.87. The SMILES string of the molecule is [C-]#[N+]c1ccc(C#N)cc1-n1c2ccccc2c2cc3c(cc21)C(C)(C)c1ccccc1-3. The van der Waals surface area contributed by atoms with E-state index in [4.69, 9.17) is 6.57 Å². The molecule has 0 unspecified atom stereocenters. The van der Waals surface area contributed by atoms with Gasteiger partial charge in [0.1, 0.15) is 0 Å². The molecular weight excluding hydrogens is 390 g/mol. The van der Waals surface area contributed by atoms with Gasteiger partial charge in [0, 0.05) is 16.2 Å². The third kappa shape index (κ3) is 2.28. The zero-order valence-corrected chi connectivity index (χ0v) is 17.8. The summed E-state index contributed by atoms with van der Waals surface area (Å²) in [6, 6.07) is 29.1. The summed E-state index contributed by atoms with van der Waals surface area (Å²) in [7, 11) is 0. The van der Waals surface area contributed by atoms with Crippen molar-refractivity contribution < 1.29 is 0 Å². The Bertz CT molecular complexity index is 1670. The number of fused-ring (bicyclic) bond motifs is 6. The first-order valence-electron chi connectivity index (χ1n) is 10.6. The summed E-state index contributed by atoms with van der Waals surface area (Å²) >= 11 is 0. The molecule has 1 aliphatic rings. The number of hydrogen-bond donors (Lipinski definition) is 0. The molecule has 3 heteroatoms. The van der Waals surface area contributed by atoms with Crippen molar-refractivity contribution in [2.75, 3.05) is 0 Å². The molecule has 6 rings (SSSR count). The first-order chi connectivity index (χ1) is 15.5. The smallest absolute Gasteiger partial charge is 0.210 e. The third-order valence-electron chi connectivity index (χ3n) is 6.84. The molecule has 1 heterocycles. The van der Waals surface area contributed by atoms with Crippen LogP contribution in [0.2, 0.25) is 0 Å². The van der Waals surface area contributed by atoms with Gasteiger partial charge < -0.3 is 4.57 Å². The lowest BCUT2D eigenvalue weighted by Crippen LogP contribution is -2.14. The first kappa shape index (κ1) is 18.4. The van der Waals surface area contributed by atoms with Crippen LogP contribution in [0, 0.1) is 17.9 Å². The highest BCUT2D eigenvalue weighted by Gasteiger charge is 2.36. The van der Waals surface area contributed by atoms with E-state index < -0.39 is 0 Å². The largest absolute Gasteiger partial charge is 0.319 e. The van der Waals surface area contributed by atoms with Crippen LogP contribution >= 0.6 is 0 Å². The van der Waals surface area contributed by atoms with Gasteiger partial charge in [-0.2, -0.15) is 5.26 Å². The number of para-hydroxylation sites is 1. The van der Waals surface area contributed by atoms with Gasteiger partial charge in [0.2, 0.25) is 5.69 Å². The molecule has 0 amide bonds. The van der Waals surface area contributed by atoms with Crippen LogP contribution in [0.25, 0.3) is 43.5 Å². The lowest BCUT2D eigenvalue weighted by molar-refractivity contribution is 0.661. The van der Waals surface area contributed by atoms with Crippen LogP contribution in [0.4, 0.5) is 5.69 Å². The Labute approximate surface area is 186 Å². The van der Waals surface area contributed by atoms with Gasteiger partial charge >= 0.3 is 0 Å². The molecule has 0 fully saturated rings. The van der Waals surface area contributed by atoms with E-state index in [0.29, 0.717) is 11.3 Å². The van der Waals surface area contributed by atoms with Crippen molar-refractivity contribution in [3.8, 4) is 22.9 Å². The Balaban J connectivity index is 1.79. The zero-order chi connectivity index (χ0) is 22.0. The average molecular weight is 409 g/mol. The lowest BCUT2D eigenvalue weighted by Gasteiger charge is -2.21. The number of hydrogen-bond acceptors (Lipinski definition) is 1. The van der Waals surface area contributed by atoms with Crippen LogP contribution in [0.3, 0.4) is 0 Å². The minimum atomic E-state index is -0.113. The third-order valence-corrected chi connectivity index (χ3v) is 6.84. The molecule has 32 heavy (non-hydrogen) atoms. The highest BCUT2D eigenvalue weighted by molar-refractivity contribution is 6.12. The number of nitriles is 1. The predicted molar refractivity (Wildman–Crippen MR) is 129 cm³/mol. The maximum Gasteiger partial charge on any atom is 0.210 e. The van der Waals surface area contributed by atoms with Gasteiger partial charge in [-0.15, -0.1) is 0 Å². The van der Waals surface area contributed by atoms with Gasteiger partial charge in [-0.05, 0) is 46.5 Å². The number of benzene rings is 4. The average Bonchev–Trinajstić information content (AvgIpc) is 3.27. The van der Waals surface area contributed by atoms with E-state index in [2.05, 4.69) is 83.9 Å². The minimum absolute atomic E-state index is 0.113. The highest BCUT2D eigenvalue weighted by Crippen LogP contribution is 2.51. The van der Waals surface area contributed by atoms with Crippen molar-refractivity contribution in [1.29, 1.82) is 5.26 Å². The Morgan fingerprint density at radius 1 is 0.812 bits per heavy atom. The molecule has 0 N–H and O–H groups in total. The van der Waals surface area contributed by atoms with E-state index in [1.807, 2.05) is 12.1 Å². The molecular formula is C29H19N3. The predicted octanol–water partition coefficient (Wildman–Crippen LogP) is 7.51. The molecule has 0 atom stereocenters. The van der Waals surface area contributed by atoms with Crippen molar-refractivity contribution in [3.63, 3.8) is 0 Å². The second-order valence-corrected chi connectivity index (χ2v) is 8.87. The summed E-state index contributed by atoms with van der Waals surface area (Å²) in [4.78, 5) is 3.77. The second kappa shape index (κ2) is 6.33. The van der Waals surface area contributed by atoms with Crippen LogP contribution in [-0.4, -0.2) is 4.57 Å². The molecule has 0 saturated carbocycles. The van der Waals surface area contributed by atoms with E-state index in [1.165, 1.54) is 22.3 Å². The summed E-state index contributed by atoms with van der Waals surface area (Å²) in [6.45, 7) is 12.3. The van der Waals surface area contributed by atoms with Crippen LogP contribution < -0.4 is 0 Å². The summed E-state index contributed by atoms with van der Waals surface area (Å²) in [5.74, 6) is 0. The molecule has 0 spiro atoms. The number of aromatic nitrogens is 1. The normalized spacial score (nSPS) is 13.5. The molecule has 0 radical (unpaired) electrons. The molecule has 0 saturated heterocycles. The van der Waals surface area contributed by atoms with Crippen molar-refractivity contribution in [1.82, 2.24) is 4.57 Å². The van der Waals surface area contributed by atoms with E-state index in [1.54, 1.807) is 12.1 Å². The maximum absolute atomic E-state index is 9.51. The molecule has 3 nitrogen and oxygen atoms in total. The lowest BCUT2D eigenvalue weighted by atomic mass is 9.82. The monoisotopic (exact) mass is 409 g/mol. The molecule has 5 aromatic rings. The van der Waals surface area contributed by atoms with E-state index >= 15 is 0 Å². The summed E-state index contributed by atoms with van der Waals surface area (Å²) < 4.78 is 2.15. The number of nitrogens with zero attached hydrogens (tertiary/aromatic N) is 3. The quantitative estimate of drug-likeness (QED) is 0.264. The molecule has 150 valence electrons. The van der Waals surface area contributed by atoms with Gasteiger partial charge in [-0.1, -0.05) is 68.4 Å². The van der Waals surface area contributed by atoms with E-state index in [-0.39, 0.29) is 5.41 Å². The highest BCUT2D eigenvalue weighted by atomic mass is 15.0. The zero-order valence-electron chi connectivity index (χ0n) is 17.8. The topological polar surface area (TPSA) is 33.1 Å². The fraction of sp³-hybridized carbons (Fsp3) is 0.103. The van der Waals surface area contributed by atoms with Gasteiger partial charge in [0.15, 0.2) is 0 Å². The Hall–Kier alpha value is -4.34. The molecule has 0 bridgehead atoms. The maximum atomic E-state index is 9.51. The fourth-order valence-electron chi connectivity index (χ4n) is 5.29. The van der Waals surface area contributed by atoms with E-state index in [9.17, 15) is 5.26 Å². The van der Waals surface area contributed by atoms with Gasteiger partial charge in [-0.3, -0.25) is 0 Å². The number of rotatable bonds is 1. The Morgan fingerprint density at radius 3 is 2.41 bits per heavy atom. The fourth-order valence-corrected chi connectivity index (χ4v) is 5.29. The summed E-state index contributed by atoms with van der Waals surface area (Å²) in [5, 5.41) is 11.8. The van der Waals surface area contributed by atoms with Gasteiger partial charge in [0.05, 0.1) is 34.9 Å². The van der Waals surface area contributed by atoms with Crippen LogP contribution in [0.15, 0.2) is 78.9 Å². The van der Waals surface area contributed by atoms with Crippen molar-refractivity contribution in [3.05, 3.63) is 107 Å².